The summed E-state index contributed by atoms with van der Waals surface area (Å²) >= 11 is 0. The first-order valence-electron chi connectivity index (χ1n) is 7.57. The Labute approximate surface area is 140 Å². The second kappa shape index (κ2) is 6.71. The van der Waals surface area contributed by atoms with Crippen LogP contribution in [0.25, 0.3) is 0 Å². The van der Waals surface area contributed by atoms with Crippen molar-refractivity contribution in [3.63, 3.8) is 0 Å². The van der Waals surface area contributed by atoms with Gasteiger partial charge in [-0.3, -0.25) is 9.59 Å². The zero-order valence-corrected chi connectivity index (χ0v) is 13.9. The van der Waals surface area contributed by atoms with Gasteiger partial charge in [0.2, 0.25) is 11.8 Å². The molecular weight excluding hydrogens is 310 g/mol. The van der Waals surface area contributed by atoms with Gasteiger partial charge in [0.15, 0.2) is 0 Å². The van der Waals surface area contributed by atoms with E-state index >= 15 is 0 Å². The number of hydrogen-bond acceptors (Lipinski definition) is 5. The lowest BCUT2D eigenvalue weighted by Crippen LogP contribution is -2.43. The number of fused-ring (bicyclic) bond motifs is 1. The van der Waals surface area contributed by atoms with Crippen LogP contribution >= 0.6 is 0 Å². The van der Waals surface area contributed by atoms with E-state index in [1.807, 2.05) is 0 Å². The Morgan fingerprint density at radius 1 is 1.33 bits per heavy atom. The summed E-state index contributed by atoms with van der Waals surface area (Å²) < 4.78 is 5.29. The highest BCUT2D eigenvalue weighted by Gasteiger charge is 2.33. The summed E-state index contributed by atoms with van der Waals surface area (Å²) in [5.74, 6) is -0.730. The second-order valence-electron chi connectivity index (χ2n) is 6.44. The molecule has 7 heteroatoms. The third-order valence-corrected chi connectivity index (χ3v) is 3.28. The van der Waals surface area contributed by atoms with Gasteiger partial charge in [0.1, 0.15) is 12.0 Å². The van der Waals surface area contributed by atoms with Gasteiger partial charge in [-0.2, -0.15) is 5.26 Å². The Morgan fingerprint density at radius 3 is 2.67 bits per heavy atom. The quantitative estimate of drug-likeness (QED) is 0.899. The molecule has 1 aliphatic rings. The maximum atomic E-state index is 12.3. The standard InChI is InChI=1S/C17H19N3O4/c1-17(2,3)24-16(23)20-13-6-5-12(19-14(21)8-9-18)10-11(13)4-7-15(20)22/h5-6,10H,4,7-8H2,1-3H3,(H,19,21). The number of carbonyl (C=O) groups excluding carboxylic acids is 3. The van der Waals surface area contributed by atoms with Crippen LogP contribution in [0, 0.1) is 11.3 Å². The lowest BCUT2D eigenvalue weighted by molar-refractivity contribution is -0.118. The molecule has 0 aromatic heterocycles. The second-order valence-corrected chi connectivity index (χ2v) is 6.44. The molecule has 126 valence electrons. The van der Waals surface area contributed by atoms with Crippen molar-refractivity contribution >= 4 is 29.3 Å². The summed E-state index contributed by atoms with van der Waals surface area (Å²) in [5.41, 5.74) is 1.03. The van der Waals surface area contributed by atoms with Gasteiger partial charge in [0, 0.05) is 12.1 Å². The van der Waals surface area contributed by atoms with Crippen LogP contribution in [0.2, 0.25) is 0 Å². The van der Waals surface area contributed by atoms with Gasteiger partial charge in [-0.25, -0.2) is 9.69 Å². The summed E-state index contributed by atoms with van der Waals surface area (Å²) in [6.07, 6.45) is -0.300. The fourth-order valence-electron chi connectivity index (χ4n) is 2.35. The molecule has 0 radical (unpaired) electrons. The van der Waals surface area contributed by atoms with E-state index in [0.29, 0.717) is 17.8 Å². The molecular formula is C17H19N3O4. The number of anilines is 2. The van der Waals surface area contributed by atoms with Crippen molar-refractivity contribution in [1.29, 1.82) is 5.26 Å². The molecule has 1 aromatic carbocycles. The molecule has 0 fully saturated rings. The average Bonchev–Trinajstić information content (AvgIpc) is 2.45. The summed E-state index contributed by atoms with van der Waals surface area (Å²) in [6.45, 7) is 5.19. The zero-order valence-electron chi connectivity index (χ0n) is 13.9. The monoisotopic (exact) mass is 329 g/mol. The number of benzene rings is 1. The Morgan fingerprint density at radius 2 is 2.04 bits per heavy atom. The van der Waals surface area contributed by atoms with Crippen molar-refractivity contribution < 1.29 is 19.1 Å². The number of amides is 3. The number of rotatable bonds is 2. The van der Waals surface area contributed by atoms with E-state index in [-0.39, 0.29) is 18.7 Å². The average molecular weight is 329 g/mol. The molecule has 24 heavy (non-hydrogen) atoms. The van der Waals surface area contributed by atoms with E-state index in [0.717, 1.165) is 10.5 Å². The van der Waals surface area contributed by atoms with Crippen LogP contribution in [-0.4, -0.2) is 23.5 Å². The van der Waals surface area contributed by atoms with Crippen molar-refractivity contribution in [2.75, 3.05) is 10.2 Å². The van der Waals surface area contributed by atoms with Crippen molar-refractivity contribution in [1.82, 2.24) is 0 Å². The summed E-state index contributed by atoms with van der Waals surface area (Å²) in [5, 5.41) is 11.1. The van der Waals surface area contributed by atoms with Crippen molar-refractivity contribution in [2.24, 2.45) is 0 Å². The number of ether oxygens (including phenoxy) is 1. The number of carbonyl (C=O) groups is 3. The Kier molecular flexibility index (Phi) is 4.88. The molecule has 1 aliphatic heterocycles. The highest BCUT2D eigenvalue weighted by atomic mass is 16.6. The maximum absolute atomic E-state index is 12.3. The van der Waals surface area contributed by atoms with Crippen LogP contribution in [0.1, 0.15) is 39.2 Å². The van der Waals surface area contributed by atoms with Gasteiger partial charge in [-0.15, -0.1) is 0 Å². The molecule has 0 aliphatic carbocycles. The lowest BCUT2D eigenvalue weighted by Gasteiger charge is -2.30. The van der Waals surface area contributed by atoms with Gasteiger partial charge in [-0.05, 0) is 51.0 Å². The summed E-state index contributed by atoms with van der Waals surface area (Å²) in [4.78, 5) is 37.0. The van der Waals surface area contributed by atoms with Crippen LogP contribution in [-0.2, 0) is 20.7 Å². The molecule has 0 spiro atoms. The Hall–Kier alpha value is -2.88. The molecule has 0 bridgehead atoms. The molecule has 1 heterocycles. The van der Waals surface area contributed by atoms with Crippen LogP contribution in [0.5, 0.6) is 0 Å². The summed E-state index contributed by atoms with van der Waals surface area (Å²) in [6, 6.07) is 6.66. The molecule has 1 N–H and O–H groups in total. The third kappa shape index (κ3) is 4.10. The van der Waals surface area contributed by atoms with Crippen LogP contribution < -0.4 is 10.2 Å². The first-order valence-corrected chi connectivity index (χ1v) is 7.57. The number of hydrogen-bond donors (Lipinski definition) is 1. The number of imide groups is 1. The van der Waals surface area contributed by atoms with Gasteiger partial charge in [0.05, 0.1) is 11.8 Å². The van der Waals surface area contributed by atoms with Crippen molar-refractivity contribution in [2.45, 2.75) is 45.6 Å². The zero-order chi connectivity index (χ0) is 17.9. The number of aryl methyl sites for hydroxylation is 1. The van der Waals surface area contributed by atoms with E-state index in [9.17, 15) is 14.4 Å². The van der Waals surface area contributed by atoms with E-state index < -0.39 is 17.6 Å². The molecule has 1 aromatic rings. The largest absolute Gasteiger partial charge is 0.443 e. The van der Waals surface area contributed by atoms with Crippen molar-refractivity contribution in [3.8, 4) is 6.07 Å². The maximum Gasteiger partial charge on any atom is 0.421 e. The molecule has 0 unspecified atom stereocenters. The minimum absolute atomic E-state index is 0.182. The van der Waals surface area contributed by atoms with Gasteiger partial charge in [-0.1, -0.05) is 0 Å². The molecule has 0 atom stereocenters. The Balaban J connectivity index is 2.27. The Bertz CT molecular complexity index is 728. The van der Waals surface area contributed by atoms with Gasteiger partial charge < -0.3 is 10.1 Å². The van der Waals surface area contributed by atoms with E-state index in [4.69, 9.17) is 10.00 Å². The molecule has 0 saturated carbocycles. The third-order valence-electron chi connectivity index (χ3n) is 3.28. The predicted molar refractivity (Wildman–Crippen MR) is 87.3 cm³/mol. The minimum Gasteiger partial charge on any atom is -0.443 e. The number of nitriles is 1. The first-order chi connectivity index (χ1) is 11.2. The molecule has 7 nitrogen and oxygen atoms in total. The number of nitrogens with one attached hydrogen (secondary N) is 1. The first kappa shape index (κ1) is 17.5. The highest BCUT2D eigenvalue weighted by Crippen LogP contribution is 2.31. The topological polar surface area (TPSA) is 99.5 Å². The fraction of sp³-hybridized carbons (Fsp3) is 0.412. The molecule has 2 rings (SSSR count). The van der Waals surface area contributed by atoms with Gasteiger partial charge >= 0.3 is 6.09 Å². The fourth-order valence-corrected chi connectivity index (χ4v) is 2.35. The lowest BCUT2D eigenvalue weighted by atomic mass is 10.0. The van der Waals surface area contributed by atoms with Crippen LogP contribution in [0.15, 0.2) is 18.2 Å². The smallest absolute Gasteiger partial charge is 0.421 e. The van der Waals surface area contributed by atoms with Crippen LogP contribution in [0.3, 0.4) is 0 Å². The van der Waals surface area contributed by atoms with E-state index in [1.54, 1.807) is 45.0 Å². The van der Waals surface area contributed by atoms with E-state index in [1.165, 1.54) is 0 Å². The predicted octanol–water partition coefficient (Wildman–Crippen LogP) is 2.75. The van der Waals surface area contributed by atoms with E-state index in [2.05, 4.69) is 5.32 Å². The normalized spacial score (nSPS) is 13.8. The highest BCUT2D eigenvalue weighted by molar-refractivity contribution is 6.14. The molecule has 3 amide bonds. The SMILES string of the molecule is CC(C)(C)OC(=O)N1C(=O)CCc2cc(NC(=O)CC#N)ccc21. The van der Waals surface area contributed by atoms with Gasteiger partial charge in [0.25, 0.3) is 0 Å². The number of nitrogens with zero attached hydrogens (tertiary/aromatic N) is 2. The van der Waals surface area contributed by atoms with Crippen LogP contribution in [0.4, 0.5) is 16.2 Å². The van der Waals surface area contributed by atoms with Crippen molar-refractivity contribution in [3.05, 3.63) is 23.8 Å². The molecule has 0 saturated heterocycles. The minimum atomic E-state index is -0.713. The summed E-state index contributed by atoms with van der Waals surface area (Å²) in [7, 11) is 0.